The van der Waals surface area contributed by atoms with Crippen molar-refractivity contribution in [3.63, 3.8) is 0 Å². The second-order valence-corrected chi connectivity index (χ2v) is 1.54. The Balaban J connectivity index is -0.0000000267. The third-order valence-electron chi connectivity index (χ3n) is 0. The fourth-order valence-corrected chi connectivity index (χ4v) is 0. The average Bonchev–Trinajstić information content (AvgIpc) is 0.722. The van der Waals surface area contributed by atoms with Crippen LogP contribution < -0.4 is 18.9 Å². The van der Waals surface area contributed by atoms with Gasteiger partial charge in [-0.15, -0.1) is 0 Å². The van der Waals surface area contributed by atoms with Crippen LogP contribution in [-0.4, -0.2) is 32.3 Å². The van der Waals surface area contributed by atoms with Gasteiger partial charge in [-0.3, -0.25) is 0 Å². The van der Waals surface area contributed by atoms with Gasteiger partial charge in [0, 0.05) is 17.6 Å². The van der Waals surface area contributed by atoms with Crippen molar-refractivity contribution >= 4 is 25.4 Å². The zero-order valence-corrected chi connectivity index (χ0v) is 6.69. The van der Waals surface area contributed by atoms with Gasteiger partial charge in [0.05, 0.1) is 0 Å². The van der Waals surface area contributed by atoms with Crippen LogP contribution in [0, 0.1) is 0 Å². The topological polar surface area (TPSA) is 77.8 Å². The fourth-order valence-electron chi connectivity index (χ4n) is 0. The van der Waals surface area contributed by atoms with Crippen LogP contribution in [0.2, 0.25) is 0 Å². The average molecular weight is 179 g/mol. The molecule has 0 heterocycles. The van der Waals surface area contributed by atoms with E-state index in [4.69, 9.17) is 19.2 Å². The zero-order valence-electron chi connectivity index (χ0n) is 4.70. The predicted molar refractivity (Wildman–Crippen MR) is 21.1 cm³/mol. The van der Waals surface area contributed by atoms with Gasteiger partial charge < -0.3 is 16.1 Å². The van der Waals surface area contributed by atoms with E-state index in [2.05, 4.69) is 0 Å². The van der Waals surface area contributed by atoms with E-state index >= 15 is 0 Å². The molecule has 0 aliphatic carbocycles. The summed E-state index contributed by atoms with van der Waals surface area (Å²) in [5.74, 6) is 0. The molecule has 4 radical (unpaired) electrons. The van der Waals surface area contributed by atoms with Crippen LogP contribution >= 0.6 is 7.82 Å². The molecule has 0 rings (SSSR count). The Kier molecular flexibility index (Phi) is 12.1. The minimum Gasteiger partial charge on any atom is -1.00 e. The van der Waals surface area contributed by atoms with Crippen molar-refractivity contribution < 1.29 is 39.5 Å². The molecule has 7 heavy (non-hydrogen) atoms. The zero-order chi connectivity index (χ0) is 4.50. The molecule has 0 amide bonds. The number of phosphoric acid groups is 1. The summed E-state index contributed by atoms with van der Waals surface area (Å²) in [6.07, 6.45) is 0. The Morgan fingerprint density at radius 2 is 1.29 bits per heavy atom. The van der Waals surface area contributed by atoms with Crippen molar-refractivity contribution in [2.24, 2.45) is 0 Å². The van der Waals surface area contributed by atoms with Gasteiger partial charge in [0.2, 0.25) is 0 Å². The van der Waals surface area contributed by atoms with Crippen molar-refractivity contribution in [3.05, 3.63) is 0 Å². The van der Waals surface area contributed by atoms with Crippen LogP contribution in [-0.2, 0) is 4.57 Å². The first kappa shape index (κ1) is 15.7. The third kappa shape index (κ3) is 128. The summed E-state index contributed by atoms with van der Waals surface area (Å²) in [4.78, 5) is 21.6. The Bertz CT molecular complexity index is 62.2. The second kappa shape index (κ2) is 5.39. The summed E-state index contributed by atoms with van der Waals surface area (Å²) in [5, 5.41) is 0. The van der Waals surface area contributed by atoms with E-state index in [1.54, 1.807) is 0 Å². The summed E-state index contributed by atoms with van der Waals surface area (Å²) in [5.41, 5.74) is 0. The minimum absolute atomic E-state index is 0. The van der Waals surface area contributed by atoms with Crippen LogP contribution in [0.1, 0.15) is 1.43 Å². The molecule has 4 nitrogen and oxygen atoms in total. The van der Waals surface area contributed by atoms with E-state index in [1.807, 2.05) is 0 Å². The molecule has 0 fully saturated rings. The Hall–Kier alpha value is 1.25. The van der Waals surface area contributed by atoms with Crippen LogP contribution in [0.4, 0.5) is 0 Å². The molecule has 0 atom stereocenters. The fraction of sp³-hybridized carbons (Fsp3) is 0. The van der Waals surface area contributed by atoms with Crippen molar-refractivity contribution in [2.45, 2.75) is 0 Å². The van der Waals surface area contributed by atoms with Gasteiger partial charge in [-0.1, -0.05) is 0 Å². The van der Waals surface area contributed by atoms with E-state index in [1.165, 1.54) is 0 Å². The van der Waals surface area contributed by atoms with Crippen molar-refractivity contribution in [2.75, 3.05) is 0 Å². The van der Waals surface area contributed by atoms with Crippen LogP contribution in [0.15, 0.2) is 0 Å². The van der Waals surface area contributed by atoms with Crippen LogP contribution in [0.25, 0.3) is 0 Å². The molecule has 0 saturated carbocycles. The van der Waals surface area contributed by atoms with Gasteiger partial charge in [0.15, 0.2) is 0 Å². The Morgan fingerprint density at radius 3 is 1.29 bits per heavy atom. The van der Waals surface area contributed by atoms with E-state index in [-0.39, 0.29) is 37.9 Å². The quantitative estimate of drug-likeness (QED) is 0.260. The predicted octanol–water partition coefficient (Wildman–Crippen LogP) is -4.19. The minimum atomic E-state index is -4.64. The summed E-state index contributed by atoms with van der Waals surface area (Å²) in [7, 11) is -4.64. The molecule has 3 N–H and O–H groups in total. The first-order valence-corrected chi connectivity index (χ1v) is 2.35. The van der Waals surface area contributed by atoms with E-state index < -0.39 is 7.82 Å². The molecule has 0 bridgehead atoms. The van der Waals surface area contributed by atoms with E-state index in [9.17, 15) is 0 Å². The van der Waals surface area contributed by atoms with Crippen molar-refractivity contribution in [3.8, 4) is 0 Å². The maximum Gasteiger partial charge on any atom is 1.00 e. The number of rotatable bonds is 0. The van der Waals surface area contributed by atoms with Gasteiger partial charge in [-0.05, 0) is 0 Å². The molecule has 0 aliphatic rings. The monoisotopic (exact) mass is 180 g/mol. The van der Waals surface area contributed by atoms with Crippen molar-refractivity contribution in [1.82, 2.24) is 0 Å². The molecule has 0 unspecified atom stereocenters. The molecule has 0 spiro atoms. The molecule has 7 heteroatoms. The summed E-state index contributed by atoms with van der Waals surface area (Å²) in [6, 6.07) is 0. The van der Waals surface area contributed by atoms with Gasteiger partial charge in [-0.25, -0.2) is 4.57 Å². The Morgan fingerprint density at radius 1 is 1.29 bits per heavy atom. The van der Waals surface area contributed by atoms with Crippen LogP contribution in [0.5, 0.6) is 0 Å². The third-order valence-corrected chi connectivity index (χ3v) is 0. The molecular weight excluding hydrogens is 175 g/mol. The summed E-state index contributed by atoms with van der Waals surface area (Å²) in [6.45, 7) is 0. The molecule has 0 aromatic rings. The SMILES string of the molecule is O=P(O)(O)O.[Ge].[H-].[Li+]. The molecule has 0 aromatic carbocycles. The summed E-state index contributed by atoms with van der Waals surface area (Å²) >= 11 is 0. The molecule has 0 aliphatic heterocycles. The van der Waals surface area contributed by atoms with Crippen molar-refractivity contribution in [1.29, 1.82) is 0 Å². The number of hydrogen-bond acceptors (Lipinski definition) is 1. The molecular formula is H4GeLiO4P. The molecule has 0 saturated heterocycles. The molecule has 0 aromatic heterocycles. The van der Waals surface area contributed by atoms with Crippen LogP contribution in [0.3, 0.4) is 0 Å². The van der Waals surface area contributed by atoms with E-state index in [0.29, 0.717) is 0 Å². The normalized spacial score (nSPS) is 8.43. The Labute approximate surface area is 65.2 Å². The first-order chi connectivity index (χ1) is 2.00. The second-order valence-electron chi connectivity index (χ2n) is 0.513. The molecule has 38 valence electrons. The van der Waals surface area contributed by atoms with E-state index in [0.717, 1.165) is 0 Å². The van der Waals surface area contributed by atoms with Gasteiger partial charge in [0.25, 0.3) is 0 Å². The standard InChI is InChI=1S/Ge.Li.H3O4P.H/c;;1-5(2,3)4;/h;;(H3,1,2,3,4);/q;+1;;-1. The largest absolute Gasteiger partial charge is 1.00 e. The smallest absolute Gasteiger partial charge is 1.00 e. The maximum absolute atomic E-state index is 8.88. The number of hydrogen-bond donors (Lipinski definition) is 3. The van der Waals surface area contributed by atoms with Gasteiger partial charge >= 0.3 is 26.7 Å². The maximum atomic E-state index is 8.88. The van der Waals surface area contributed by atoms with Gasteiger partial charge in [-0.2, -0.15) is 0 Å². The first-order valence-electron chi connectivity index (χ1n) is 0.783. The van der Waals surface area contributed by atoms with Gasteiger partial charge in [0.1, 0.15) is 0 Å². The summed E-state index contributed by atoms with van der Waals surface area (Å²) < 4.78 is 8.88.